The summed E-state index contributed by atoms with van der Waals surface area (Å²) in [4.78, 5) is 48.4. The van der Waals surface area contributed by atoms with Crippen LogP contribution in [0.25, 0.3) is 0 Å². The molecule has 2 fully saturated rings. The summed E-state index contributed by atoms with van der Waals surface area (Å²) in [5, 5.41) is 5.05. The highest BCUT2D eigenvalue weighted by Gasteiger charge is 2.57. The summed E-state index contributed by atoms with van der Waals surface area (Å²) in [5.41, 5.74) is 0.190. The zero-order chi connectivity index (χ0) is 23.5. The Kier molecular flexibility index (Phi) is 6.15. The molecule has 7 nitrogen and oxygen atoms in total. The Morgan fingerprint density at radius 3 is 2.53 bits per heavy atom. The Balaban J connectivity index is 1.37. The third-order valence-electron chi connectivity index (χ3n) is 6.83. The van der Waals surface area contributed by atoms with Crippen LogP contribution in [-0.2, 0) is 16.8 Å². The first kappa shape index (κ1) is 22.3. The number of carbonyl (C=O) groups excluding carboxylic acids is 3. The van der Waals surface area contributed by atoms with E-state index in [4.69, 9.17) is 0 Å². The van der Waals surface area contributed by atoms with Gasteiger partial charge >= 0.3 is 6.03 Å². The van der Waals surface area contributed by atoms with Crippen molar-refractivity contribution >= 4 is 29.2 Å². The number of nitrogens with zero attached hydrogens (tertiary/aromatic N) is 3. The number of thiophene rings is 1. The van der Waals surface area contributed by atoms with Gasteiger partial charge in [0.1, 0.15) is 0 Å². The predicted octanol–water partition coefficient (Wildman–Crippen LogP) is 3.69. The minimum absolute atomic E-state index is 0.00571. The summed E-state index contributed by atoms with van der Waals surface area (Å²) < 4.78 is 0. The molecule has 0 radical (unpaired) electrons. The van der Waals surface area contributed by atoms with Gasteiger partial charge in [-0.05, 0) is 54.8 Å². The molecule has 0 unspecified atom stereocenters. The highest BCUT2D eigenvalue weighted by atomic mass is 32.1. The molecule has 0 aliphatic carbocycles. The van der Waals surface area contributed by atoms with Gasteiger partial charge in [-0.1, -0.05) is 30.3 Å². The van der Waals surface area contributed by atoms with E-state index in [0.717, 1.165) is 4.88 Å². The molecule has 4 amide bonds. The van der Waals surface area contributed by atoms with E-state index < -0.39 is 5.54 Å². The van der Waals surface area contributed by atoms with Crippen molar-refractivity contribution in [3.63, 3.8) is 0 Å². The van der Waals surface area contributed by atoms with Crippen LogP contribution in [-0.4, -0.2) is 52.3 Å². The highest BCUT2D eigenvalue weighted by molar-refractivity contribution is 7.09. The van der Waals surface area contributed by atoms with Gasteiger partial charge in [0.05, 0.1) is 0 Å². The van der Waals surface area contributed by atoms with E-state index in [-0.39, 0.29) is 23.8 Å². The van der Waals surface area contributed by atoms with Crippen LogP contribution in [0.2, 0.25) is 0 Å². The Morgan fingerprint density at radius 1 is 1.06 bits per heavy atom. The van der Waals surface area contributed by atoms with E-state index in [0.29, 0.717) is 50.0 Å². The molecular weight excluding hydrogens is 448 g/mol. The smallest absolute Gasteiger partial charge is 0.325 e. The van der Waals surface area contributed by atoms with Crippen LogP contribution in [0.15, 0.2) is 72.4 Å². The first-order chi connectivity index (χ1) is 16.6. The minimum atomic E-state index is -1.16. The lowest BCUT2D eigenvalue weighted by molar-refractivity contribution is -0.134. The minimum Gasteiger partial charge on any atom is -0.339 e. The lowest BCUT2D eigenvalue weighted by atomic mass is 9.73. The fourth-order valence-corrected chi connectivity index (χ4v) is 5.76. The zero-order valence-electron chi connectivity index (χ0n) is 18.7. The molecule has 2 aliphatic rings. The molecule has 0 spiro atoms. The molecule has 0 saturated carbocycles. The van der Waals surface area contributed by atoms with E-state index in [1.807, 2.05) is 58.8 Å². The Morgan fingerprint density at radius 2 is 1.85 bits per heavy atom. The number of hydrogen-bond donors (Lipinski definition) is 1. The molecule has 34 heavy (non-hydrogen) atoms. The molecule has 5 rings (SSSR count). The Hall–Kier alpha value is -3.52. The largest absolute Gasteiger partial charge is 0.339 e. The second kappa shape index (κ2) is 9.38. The van der Waals surface area contributed by atoms with E-state index in [1.54, 1.807) is 29.8 Å². The number of pyridine rings is 1. The number of benzene rings is 1. The fraction of sp³-hybridized carbons (Fsp3) is 0.308. The number of nitrogens with one attached hydrogen (secondary N) is 1. The summed E-state index contributed by atoms with van der Waals surface area (Å²) in [6, 6.07) is 16.5. The zero-order valence-corrected chi connectivity index (χ0v) is 19.5. The SMILES string of the molecule is O=C(c1ccccc1)N1CCC([C@]2(c3cccnc3)NC(=O)N(CCc3cccs3)C2=O)CC1. The lowest BCUT2D eigenvalue weighted by Gasteiger charge is -2.41. The van der Waals surface area contributed by atoms with Crippen LogP contribution in [0, 0.1) is 5.92 Å². The molecule has 174 valence electrons. The standard InChI is InChI=1S/C26H26N4O3S/c31-23(19-6-2-1-3-7-19)29-14-10-20(11-15-29)26(21-8-4-13-27-18-21)24(32)30(25(33)28-26)16-12-22-9-5-17-34-22/h1-9,13,17-18,20H,10-12,14-16H2,(H,28,33)/t26-/m1/s1. The number of piperidine rings is 1. The quantitative estimate of drug-likeness (QED) is 0.553. The lowest BCUT2D eigenvalue weighted by Crippen LogP contribution is -2.54. The second-order valence-corrected chi connectivity index (χ2v) is 9.73. The maximum Gasteiger partial charge on any atom is 0.325 e. The summed E-state index contributed by atoms with van der Waals surface area (Å²) in [5.74, 6) is -0.372. The van der Waals surface area contributed by atoms with Crippen molar-refractivity contribution in [1.29, 1.82) is 0 Å². The van der Waals surface area contributed by atoms with Crippen LogP contribution in [0.1, 0.15) is 33.6 Å². The topological polar surface area (TPSA) is 82.6 Å². The molecule has 2 aliphatic heterocycles. The third kappa shape index (κ3) is 3.98. The van der Waals surface area contributed by atoms with Crippen molar-refractivity contribution in [2.24, 2.45) is 5.92 Å². The summed E-state index contributed by atoms with van der Waals surface area (Å²) >= 11 is 1.62. The van der Waals surface area contributed by atoms with E-state index in [1.165, 1.54) is 4.90 Å². The summed E-state index contributed by atoms with van der Waals surface area (Å²) in [7, 11) is 0. The van der Waals surface area contributed by atoms with Gasteiger partial charge in [-0.15, -0.1) is 11.3 Å². The van der Waals surface area contributed by atoms with Crippen LogP contribution in [0.3, 0.4) is 0 Å². The summed E-state index contributed by atoms with van der Waals surface area (Å²) in [6.45, 7) is 1.38. The molecule has 1 N–H and O–H groups in total. The number of aromatic nitrogens is 1. The van der Waals surface area contributed by atoms with E-state index in [2.05, 4.69) is 10.3 Å². The number of urea groups is 1. The maximum atomic E-state index is 13.9. The van der Waals surface area contributed by atoms with Crippen molar-refractivity contribution in [3.8, 4) is 0 Å². The molecule has 4 heterocycles. The molecule has 3 aromatic rings. The second-order valence-electron chi connectivity index (χ2n) is 8.70. The number of carbonyl (C=O) groups is 3. The Bertz CT molecular complexity index is 1160. The molecule has 2 aromatic heterocycles. The predicted molar refractivity (Wildman–Crippen MR) is 129 cm³/mol. The molecule has 0 bridgehead atoms. The van der Waals surface area contributed by atoms with Gasteiger partial charge in [0.2, 0.25) is 0 Å². The number of rotatable bonds is 6. The summed E-state index contributed by atoms with van der Waals surface area (Å²) in [6.07, 6.45) is 5.18. The highest BCUT2D eigenvalue weighted by Crippen LogP contribution is 2.41. The number of amides is 4. The van der Waals surface area contributed by atoms with Gasteiger partial charge < -0.3 is 10.2 Å². The molecule has 1 aromatic carbocycles. The molecule has 8 heteroatoms. The number of hydrogen-bond acceptors (Lipinski definition) is 5. The number of imide groups is 1. The van der Waals surface area contributed by atoms with Crippen LogP contribution >= 0.6 is 11.3 Å². The van der Waals surface area contributed by atoms with Crippen molar-refractivity contribution in [2.75, 3.05) is 19.6 Å². The first-order valence-corrected chi connectivity index (χ1v) is 12.4. The fourth-order valence-electron chi connectivity index (χ4n) is 5.06. The average Bonchev–Trinajstić information content (AvgIpc) is 3.50. The van der Waals surface area contributed by atoms with Crippen LogP contribution in [0.5, 0.6) is 0 Å². The molecule has 1 atom stereocenters. The van der Waals surface area contributed by atoms with Gasteiger partial charge in [0, 0.05) is 48.0 Å². The first-order valence-electron chi connectivity index (χ1n) is 11.5. The molecule has 2 saturated heterocycles. The normalized spacial score (nSPS) is 21.1. The molecular formula is C26H26N4O3S. The van der Waals surface area contributed by atoms with Gasteiger partial charge in [0.15, 0.2) is 5.54 Å². The van der Waals surface area contributed by atoms with E-state index >= 15 is 0 Å². The van der Waals surface area contributed by atoms with Gasteiger partial charge in [-0.25, -0.2) is 4.79 Å². The van der Waals surface area contributed by atoms with Crippen molar-refractivity contribution in [3.05, 3.63) is 88.4 Å². The Labute approximate surface area is 202 Å². The van der Waals surface area contributed by atoms with Gasteiger partial charge in [-0.2, -0.15) is 0 Å². The monoisotopic (exact) mass is 474 g/mol. The van der Waals surface area contributed by atoms with Crippen molar-refractivity contribution in [2.45, 2.75) is 24.8 Å². The third-order valence-corrected chi connectivity index (χ3v) is 7.76. The number of likely N-dealkylation sites (tertiary alicyclic amines) is 1. The van der Waals surface area contributed by atoms with Crippen molar-refractivity contribution in [1.82, 2.24) is 20.1 Å². The van der Waals surface area contributed by atoms with E-state index in [9.17, 15) is 14.4 Å². The van der Waals surface area contributed by atoms with Crippen LogP contribution < -0.4 is 5.32 Å². The van der Waals surface area contributed by atoms with Gasteiger partial charge in [0.25, 0.3) is 11.8 Å². The average molecular weight is 475 g/mol. The van der Waals surface area contributed by atoms with Crippen molar-refractivity contribution < 1.29 is 14.4 Å². The maximum absolute atomic E-state index is 13.9. The van der Waals surface area contributed by atoms with Crippen LogP contribution in [0.4, 0.5) is 4.79 Å². The van der Waals surface area contributed by atoms with Gasteiger partial charge in [-0.3, -0.25) is 19.5 Å².